The molecule has 20 heavy (non-hydrogen) atoms. The predicted octanol–water partition coefficient (Wildman–Crippen LogP) is 2.72. The summed E-state index contributed by atoms with van der Waals surface area (Å²) in [5.74, 6) is 1.85. The van der Waals surface area contributed by atoms with Crippen molar-refractivity contribution in [3.05, 3.63) is 29.3 Å². The van der Waals surface area contributed by atoms with Crippen molar-refractivity contribution in [1.29, 1.82) is 0 Å². The Morgan fingerprint density at radius 1 is 1.25 bits per heavy atom. The average Bonchev–Trinajstić information content (AvgIpc) is 3.04. The summed E-state index contributed by atoms with van der Waals surface area (Å²) in [6.45, 7) is 0.755. The molecule has 1 N–H and O–H groups in total. The second-order valence-electron chi connectivity index (χ2n) is 6.52. The number of ketones is 1. The van der Waals surface area contributed by atoms with Gasteiger partial charge in [0.15, 0.2) is 5.78 Å². The van der Waals surface area contributed by atoms with Crippen LogP contribution in [0, 0.1) is 5.92 Å². The Morgan fingerprint density at radius 2 is 2.05 bits per heavy atom. The number of carbonyl (C=O) groups is 1. The highest BCUT2D eigenvalue weighted by Crippen LogP contribution is 2.34. The number of fused-ring (bicyclic) bond motifs is 3. The first-order chi connectivity index (χ1) is 9.78. The molecule has 0 amide bonds. The SMILES string of the molecule is O=C(CC1CC2CCC(C1)N2)c1ccc2c(c1)CCO2. The van der Waals surface area contributed by atoms with Crippen molar-refractivity contribution in [2.45, 2.75) is 50.6 Å². The van der Waals surface area contributed by atoms with Crippen molar-refractivity contribution >= 4 is 5.78 Å². The van der Waals surface area contributed by atoms with Gasteiger partial charge < -0.3 is 10.1 Å². The van der Waals surface area contributed by atoms with Gasteiger partial charge in [0.25, 0.3) is 0 Å². The maximum Gasteiger partial charge on any atom is 0.163 e. The molecule has 2 atom stereocenters. The molecule has 2 bridgehead atoms. The standard InChI is InChI=1S/C17H21NO2/c19-16(9-11-7-14-2-3-15(8-11)18-14)12-1-4-17-13(10-12)5-6-20-17/h1,4,10-11,14-15,18H,2-3,5-9H2. The highest BCUT2D eigenvalue weighted by atomic mass is 16.5. The largest absolute Gasteiger partial charge is 0.493 e. The van der Waals surface area contributed by atoms with E-state index in [1.165, 1.54) is 31.2 Å². The maximum absolute atomic E-state index is 12.5. The first kappa shape index (κ1) is 12.4. The molecule has 0 spiro atoms. The van der Waals surface area contributed by atoms with E-state index in [1.807, 2.05) is 18.2 Å². The first-order valence-electron chi connectivity index (χ1n) is 7.83. The minimum absolute atomic E-state index is 0.311. The molecular weight excluding hydrogens is 250 g/mol. The molecular formula is C17H21NO2. The summed E-state index contributed by atoms with van der Waals surface area (Å²) in [4.78, 5) is 12.5. The summed E-state index contributed by atoms with van der Waals surface area (Å²) in [6, 6.07) is 7.27. The van der Waals surface area contributed by atoms with Crippen LogP contribution in [0.1, 0.15) is 48.0 Å². The number of hydrogen-bond acceptors (Lipinski definition) is 3. The summed E-state index contributed by atoms with van der Waals surface area (Å²) in [5, 5.41) is 3.64. The third-order valence-corrected chi connectivity index (χ3v) is 5.06. The molecule has 3 heterocycles. The number of nitrogens with one attached hydrogen (secondary N) is 1. The lowest BCUT2D eigenvalue weighted by Crippen LogP contribution is -2.38. The van der Waals surface area contributed by atoms with E-state index in [0.717, 1.165) is 24.3 Å². The Hall–Kier alpha value is -1.35. The third-order valence-electron chi connectivity index (χ3n) is 5.06. The van der Waals surface area contributed by atoms with Crippen LogP contribution in [-0.2, 0) is 6.42 Å². The van der Waals surface area contributed by atoms with E-state index in [4.69, 9.17) is 4.74 Å². The fourth-order valence-corrected chi connectivity index (χ4v) is 4.08. The molecule has 0 aliphatic carbocycles. The molecule has 0 aromatic heterocycles. The molecule has 3 aliphatic heterocycles. The van der Waals surface area contributed by atoms with Crippen LogP contribution in [-0.4, -0.2) is 24.5 Å². The van der Waals surface area contributed by atoms with E-state index < -0.39 is 0 Å². The second kappa shape index (κ2) is 4.88. The Bertz CT molecular complexity index is 528. The topological polar surface area (TPSA) is 38.3 Å². The Kier molecular flexibility index (Phi) is 3.03. The molecule has 1 aromatic carbocycles. The second-order valence-corrected chi connectivity index (χ2v) is 6.52. The average molecular weight is 271 g/mol. The van der Waals surface area contributed by atoms with Gasteiger partial charge in [-0.15, -0.1) is 0 Å². The third kappa shape index (κ3) is 2.24. The lowest BCUT2D eigenvalue weighted by molar-refractivity contribution is 0.0945. The number of piperidine rings is 1. The number of Topliss-reactive ketones (excluding diaryl/α,β-unsaturated/α-hetero) is 1. The minimum Gasteiger partial charge on any atom is -0.493 e. The lowest BCUT2D eigenvalue weighted by Gasteiger charge is -2.28. The summed E-state index contributed by atoms with van der Waals surface area (Å²) < 4.78 is 5.50. The molecule has 0 radical (unpaired) electrons. The van der Waals surface area contributed by atoms with E-state index in [1.54, 1.807) is 0 Å². The minimum atomic E-state index is 0.311. The van der Waals surface area contributed by atoms with Gasteiger partial charge in [-0.2, -0.15) is 0 Å². The number of ether oxygens (including phenoxy) is 1. The van der Waals surface area contributed by atoms with E-state index in [2.05, 4.69) is 5.32 Å². The zero-order chi connectivity index (χ0) is 13.5. The van der Waals surface area contributed by atoms with Crippen molar-refractivity contribution in [3.63, 3.8) is 0 Å². The summed E-state index contributed by atoms with van der Waals surface area (Å²) >= 11 is 0. The first-order valence-corrected chi connectivity index (χ1v) is 7.83. The van der Waals surface area contributed by atoms with Gasteiger partial charge in [0.2, 0.25) is 0 Å². The molecule has 1 aromatic rings. The molecule has 3 aliphatic rings. The van der Waals surface area contributed by atoms with Crippen LogP contribution in [0.3, 0.4) is 0 Å². The number of carbonyl (C=O) groups excluding carboxylic acids is 1. The van der Waals surface area contributed by atoms with Crippen LogP contribution in [0.25, 0.3) is 0 Å². The summed E-state index contributed by atoms with van der Waals surface area (Å²) in [6.07, 6.45) is 6.60. The van der Waals surface area contributed by atoms with E-state index in [-0.39, 0.29) is 0 Å². The van der Waals surface area contributed by atoms with Crippen molar-refractivity contribution in [2.24, 2.45) is 5.92 Å². The van der Waals surface area contributed by atoms with Crippen LogP contribution >= 0.6 is 0 Å². The normalized spacial score (nSPS) is 30.9. The van der Waals surface area contributed by atoms with Crippen LogP contribution in [0.4, 0.5) is 0 Å². The quantitative estimate of drug-likeness (QED) is 0.859. The van der Waals surface area contributed by atoms with Crippen LogP contribution in [0.5, 0.6) is 5.75 Å². The van der Waals surface area contributed by atoms with Gasteiger partial charge >= 0.3 is 0 Å². The highest BCUT2D eigenvalue weighted by molar-refractivity contribution is 5.96. The van der Waals surface area contributed by atoms with Crippen LogP contribution < -0.4 is 10.1 Å². The zero-order valence-corrected chi connectivity index (χ0v) is 11.7. The van der Waals surface area contributed by atoms with Crippen LogP contribution in [0.2, 0.25) is 0 Å². The molecule has 2 fully saturated rings. The Balaban J connectivity index is 1.45. The molecule has 2 unspecified atom stereocenters. The smallest absolute Gasteiger partial charge is 0.163 e. The monoisotopic (exact) mass is 271 g/mol. The molecule has 2 saturated heterocycles. The molecule has 3 nitrogen and oxygen atoms in total. The van der Waals surface area contributed by atoms with Gasteiger partial charge in [-0.3, -0.25) is 4.79 Å². The van der Waals surface area contributed by atoms with E-state index in [0.29, 0.717) is 30.2 Å². The molecule has 4 rings (SSSR count). The van der Waals surface area contributed by atoms with Gasteiger partial charge in [-0.05, 0) is 55.4 Å². The molecule has 0 saturated carbocycles. The van der Waals surface area contributed by atoms with Gasteiger partial charge in [0.05, 0.1) is 6.61 Å². The van der Waals surface area contributed by atoms with Crippen molar-refractivity contribution in [1.82, 2.24) is 5.32 Å². The lowest BCUT2D eigenvalue weighted by atomic mass is 9.86. The number of rotatable bonds is 3. The molecule has 3 heteroatoms. The van der Waals surface area contributed by atoms with Crippen LogP contribution in [0.15, 0.2) is 18.2 Å². The van der Waals surface area contributed by atoms with Gasteiger partial charge in [0, 0.05) is 30.5 Å². The van der Waals surface area contributed by atoms with Crippen molar-refractivity contribution in [2.75, 3.05) is 6.61 Å². The number of benzene rings is 1. The fourth-order valence-electron chi connectivity index (χ4n) is 4.08. The van der Waals surface area contributed by atoms with E-state index in [9.17, 15) is 4.79 Å². The summed E-state index contributed by atoms with van der Waals surface area (Å²) in [7, 11) is 0. The van der Waals surface area contributed by atoms with Gasteiger partial charge in [-0.25, -0.2) is 0 Å². The number of hydrogen-bond donors (Lipinski definition) is 1. The van der Waals surface area contributed by atoms with Crippen molar-refractivity contribution in [3.8, 4) is 5.75 Å². The Labute approximate surface area is 119 Å². The Morgan fingerprint density at radius 3 is 2.85 bits per heavy atom. The molecule has 106 valence electrons. The van der Waals surface area contributed by atoms with E-state index >= 15 is 0 Å². The maximum atomic E-state index is 12.5. The fraction of sp³-hybridized carbons (Fsp3) is 0.588. The van der Waals surface area contributed by atoms with Gasteiger partial charge in [0.1, 0.15) is 5.75 Å². The zero-order valence-electron chi connectivity index (χ0n) is 11.7. The van der Waals surface area contributed by atoms with Crippen molar-refractivity contribution < 1.29 is 9.53 Å². The predicted molar refractivity (Wildman–Crippen MR) is 77.3 cm³/mol. The van der Waals surface area contributed by atoms with Gasteiger partial charge in [-0.1, -0.05) is 0 Å². The highest BCUT2D eigenvalue weighted by Gasteiger charge is 2.34. The summed E-state index contributed by atoms with van der Waals surface area (Å²) in [5.41, 5.74) is 2.07.